The first-order valence-corrected chi connectivity index (χ1v) is 12.9. The molecule has 9 heteroatoms. The van der Waals surface area contributed by atoms with Crippen LogP contribution < -0.4 is 10.6 Å². The number of thiophene rings is 1. The highest BCUT2D eigenvalue weighted by Gasteiger charge is 2.20. The van der Waals surface area contributed by atoms with Crippen LogP contribution >= 0.6 is 11.3 Å². The van der Waals surface area contributed by atoms with Crippen molar-refractivity contribution < 1.29 is 9.53 Å². The minimum atomic E-state index is -0.275. The Morgan fingerprint density at radius 2 is 1.86 bits per heavy atom. The molecule has 194 valence electrons. The van der Waals surface area contributed by atoms with Gasteiger partial charge in [0.05, 0.1) is 4.88 Å². The van der Waals surface area contributed by atoms with Gasteiger partial charge in [-0.2, -0.15) is 0 Å². The number of hydrogen-bond acceptors (Lipinski definition) is 8. The summed E-state index contributed by atoms with van der Waals surface area (Å²) in [5, 5.41) is 24.7. The molecule has 1 atom stereocenters. The lowest BCUT2D eigenvalue weighted by molar-refractivity contribution is 0.0842. The van der Waals surface area contributed by atoms with Crippen LogP contribution in [0.25, 0.3) is 0 Å². The highest BCUT2D eigenvalue weighted by Crippen LogP contribution is 2.15. The van der Waals surface area contributed by atoms with E-state index in [1.165, 1.54) is 21.8 Å². The van der Waals surface area contributed by atoms with Crippen molar-refractivity contribution in [2.75, 3.05) is 32.5 Å². The first kappa shape index (κ1) is 27.8. The van der Waals surface area contributed by atoms with Crippen molar-refractivity contribution in [2.24, 2.45) is 0 Å². The zero-order valence-corrected chi connectivity index (χ0v) is 22.2. The Balaban J connectivity index is 1.64. The number of rotatable bonds is 12. The Hall–Kier alpha value is -3.79. The van der Waals surface area contributed by atoms with E-state index in [1.807, 2.05) is 55.7 Å². The van der Waals surface area contributed by atoms with Crippen molar-refractivity contribution in [3.63, 3.8) is 0 Å². The SMILES string of the molecule is CNC(C)OC(=N)c1cccc(N/C=C\C(=N)N(CCN(C)Cc2ccccc2)C(=O)c2cccs2)c1. The maximum atomic E-state index is 13.2. The molecule has 0 radical (unpaired) electrons. The molecule has 0 aliphatic heterocycles. The van der Waals surface area contributed by atoms with Crippen molar-refractivity contribution >= 4 is 34.7 Å². The molecule has 0 saturated carbocycles. The standard InChI is InChI=1S/C28H34N6O2S/c1-21(31-2)36-27(30)23-11-7-12-24(19-23)32-15-14-26(29)34(28(35)25-13-8-18-37-25)17-16-33(3)20-22-9-5-4-6-10-22/h4-15,18-19,21,29-32H,16-17,20H2,1-3H3/b15-14-,29-26?,30-27?. The second kappa shape index (κ2) is 14.1. The molecule has 3 aromatic rings. The van der Waals surface area contributed by atoms with Crippen molar-refractivity contribution in [3.05, 3.63) is 100 Å². The lowest BCUT2D eigenvalue weighted by Gasteiger charge is -2.24. The van der Waals surface area contributed by atoms with Gasteiger partial charge in [0, 0.05) is 37.1 Å². The zero-order chi connectivity index (χ0) is 26.6. The summed E-state index contributed by atoms with van der Waals surface area (Å²) in [6.45, 7) is 3.59. The number of hydrogen-bond donors (Lipinski definition) is 4. The molecule has 0 saturated heterocycles. The van der Waals surface area contributed by atoms with Crippen molar-refractivity contribution in [3.8, 4) is 0 Å². The maximum Gasteiger partial charge on any atom is 0.269 e. The lowest BCUT2D eigenvalue weighted by atomic mass is 10.2. The van der Waals surface area contributed by atoms with Gasteiger partial charge in [0.2, 0.25) is 5.90 Å². The van der Waals surface area contributed by atoms with E-state index >= 15 is 0 Å². The number of nitrogens with one attached hydrogen (secondary N) is 4. The maximum absolute atomic E-state index is 13.2. The molecular formula is C28H34N6O2S. The molecule has 1 heterocycles. The van der Waals surface area contributed by atoms with Gasteiger partial charge in [0.1, 0.15) is 12.1 Å². The fourth-order valence-corrected chi connectivity index (χ4v) is 4.14. The number of likely N-dealkylation sites (N-methyl/N-ethyl adjacent to an activating group) is 1. The summed E-state index contributed by atoms with van der Waals surface area (Å²) in [4.78, 5) is 17.4. The second-order valence-electron chi connectivity index (χ2n) is 8.48. The van der Waals surface area contributed by atoms with Crippen LogP contribution in [0.5, 0.6) is 0 Å². The average Bonchev–Trinajstić information content (AvgIpc) is 3.44. The van der Waals surface area contributed by atoms with Gasteiger partial charge in [-0.15, -0.1) is 11.3 Å². The molecular weight excluding hydrogens is 484 g/mol. The fraction of sp³-hybridized carbons (Fsp3) is 0.250. The predicted octanol–water partition coefficient (Wildman–Crippen LogP) is 4.83. The summed E-state index contributed by atoms with van der Waals surface area (Å²) >= 11 is 1.37. The predicted molar refractivity (Wildman–Crippen MR) is 151 cm³/mol. The van der Waals surface area contributed by atoms with Gasteiger partial charge in [-0.3, -0.25) is 25.8 Å². The molecule has 0 aliphatic rings. The van der Waals surface area contributed by atoms with Crippen LogP contribution in [0.15, 0.2) is 84.4 Å². The Bertz CT molecular complexity index is 1200. The number of amidine groups is 1. The Morgan fingerprint density at radius 1 is 1.08 bits per heavy atom. The summed E-state index contributed by atoms with van der Waals surface area (Å²) < 4.78 is 5.51. The lowest BCUT2D eigenvalue weighted by Crippen LogP contribution is -2.40. The van der Waals surface area contributed by atoms with Gasteiger partial charge >= 0.3 is 0 Å². The van der Waals surface area contributed by atoms with Gasteiger partial charge in [0.25, 0.3) is 5.91 Å². The minimum absolute atomic E-state index is 0.0644. The molecule has 1 amide bonds. The Kier molecular flexibility index (Phi) is 10.6. The largest absolute Gasteiger partial charge is 0.459 e. The van der Waals surface area contributed by atoms with E-state index in [4.69, 9.17) is 15.6 Å². The number of carbonyl (C=O) groups is 1. The van der Waals surface area contributed by atoms with E-state index in [0.29, 0.717) is 23.5 Å². The van der Waals surface area contributed by atoms with Crippen LogP contribution in [0.3, 0.4) is 0 Å². The van der Waals surface area contributed by atoms with Crippen LogP contribution in [0.1, 0.15) is 27.7 Å². The van der Waals surface area contributed by atoms with Crippen molar-refractivity contribution in [1.82, 2.24) is 15.1 Å². The molecule has 37 heavy (non-hydrogen) atoms. The molecule has 2 aromatic carbocycles. The van der Waals surface area contributed by atoms with Gasteiger partial charge in [-0.25, -0.2) is 0 Å². The van der Waals surface area contributed by atoms with Gasteiger partial charge in [0.15, 0.2) is 0 Å². The van der Waals surface area contributed by atoms with E-state index in [9.17, 15) is 4.79 Å². The summed E-state index contributed by atoms with van der Waals surface area (Å²) in [5.74, 6) is -0.0346. The number of anilines is 1. The Morgan fingerprint density at radius 3 is 2.57 bits per heavy atom. The molecule has 0 bridgehead atoms. The highest BCUT2D eigenvalue weighted by molar-refractivity contribution is 7.12. The summed E-state index contributed by atoms with van der Waals surface area (Å²) in [6.07, 6.45) is 2.92. The highest BCUT2D eigenvalue weighted by atomic mass is 32.1. The summed E-state index contributed by atoms with van der Waals surface area (Å²) in [7, 11) is 3.77. The normalized spacial score (nSPS) is 11.9. The second-order valence-corrected chi connectivity index (χ2v) is 9.43. The zero-order valence-electron chi connectivity index (χ0n) is 21.4. The molecule has 1 unspecified atom stereocenters. The topological polar surface area (TPSA) is 105 Å². The van der Waals surface area contributed by atoms with E-state index in [1.54, 1.807) is 37.5 Å². The van der Waals surface area contributed by atoms with Crippen LogP contribution in [0.4, 0.5) is 5.69 Å². The summed E-state index contributed by atoms with van der Waals surface area (Å²) in [6, 6.07) is 21.1. The molecule has 8 nitrogen and oxygen atoms in total. The van der Waals surface area contributed by atoms with Gasteiger partial charge in [-0.05, 0) is 62.3 Å². The van der Waals surface area contributed by atoms with Crippen LogP contribution in [0.2, 0.25) is 0 Å². The molecule has 4 N–H and O–H groups in total. The first-order chi connectivity index (χ1) is 17.9. The number of ether oxygens (including phenoxy) is 1. The number of carbonyl (C=O) groups excluding carboxylic acids is 1. The number of amides is 1. The van der Waals surface area contributed by atoms with Crippen LogP contribution in [0, 0.1) is 10.8 Å². The first-order valence-electron chi connectivity index (χ1n) is 12.0. The van der Waals surface area contributed by atoms with Crippen molar-refractivity contribution in [2.45, 2.75) is 19.7 Å². The minimum Gasteiger partial charge on any atom is -0.459 e. The molecule has 0 fully saturated rings. The van der Waals surface area contributed by atoms with E-state index in [-0.39, 0.29) is 23.9 Å². The van der Waals surface area contributed by atoms with Gasteiger partial charge < -0.3 is 15.0 Å². The third kappa shape index (κ3) is 8.68. The summed E-state index contributed by atoms with van der Waals surface area (Å²) in [5.41, 5.74) is 2.57. The molecule has 0 spiro atoms. The molecule has 1 aromatic heterocycles. The fourth-order valence-electron chi connectivity index (χ4n) is 3.47. The quantitative estimate of drug-likeness (QED) is 0.156. The molecule has 3 rings (SSSR count). The van der Waals surface area contributed by atoms with Crippen LogP contribution in [-0.2, 0) is 11.3 Å². The van der Waals surface area contributed by atoms with E-state index < -0.39 is 0 Å². The monoisotopic (exact) mass is 518 g/mol. The number of nitrogens with zero attached hydrogens (tertiary/aromatic N) is 2. The smallest absolute Gasteiger partial charge is 0.269 e. The third-order valence-corrected chi connectivity index (χ3v) is 6.44. The van der Waals surface area contributed by atoms with Crippen molar-refractivity contribution in [1.29, 1.82) is 10.8 Å². The average molecular weight is 519 g/mol. The number of benzene rings is 2. The van der Waals surface area contributed by atoms with E-state index in [2.05, 4.69) is 27.7 Å². The Labute approximate surface area is 222 Å². The van der Waals surface area contributed by atoms with Gasteiger partial charge in [-0.1, -0.05) is 42.5 Å². The van der Waals surface area contributed by atoms with E-state index in [0.717, 1.165) is 12.2 Å². The molecule has 0 aliphatic carbocycles. The van der Waals surface area contributed by atoms with Crippen LogP contribution in [-0.4, -0.2) is 60.9 Å². The third-order valence-electron chi connectivity index (χ3n) is 5.59.